The van der Waals surface area contributed by atoms with Crippen LogP contribution < -0.4 is 5.32 Å². The predicted octanol–water partition coefficient (Wildman–Crippen LogP) is 1.93. The fourth-order valence-corrected chi connectivity index (χ4v) is 3.87. The molecule has 0 bridgehead atoms. The van der Waals surface area contributed by atoms with E-state index in [1.165, 1.54) is 4.90 Å². The van der Waals surface area contributed by atoms with Gasteiger partial charge in [0, 0.05) is 52.4 Å². The van der Waals surface area contributed by atoms with Gasteiger partial charge in [0.2, 0.25) is 5.91 Å². The molecule has 1 aromatic rings. The highest BCUT2D eigenvalue weighted by Gasteiger charge is 2.32. The Bertz CT molecular complexity index is 711. The van der Waals surface area contributed by atoms with E-state index in [9.17, 15) is 14.4 Å². The number of amides is 4. The van der Waals surface area contributed by atoms with Gasteiger partial charge in [-0.2, -0.15) is 0 Å². The van der Waals surface area contributed by atoms with Crippen molar-refractivity contribution in [2.45, 2.75) is 32.2 Å². The maximum atomic E-state index is 12.6. The van der Waals surface area contributed by atoms with E-state index in [0.717, 1.165) is 44.3 Å². The lowest BCUT2D eigenvalue weighted by Crippen LogP contribution is -2.49. The van der Waals surface area contributed by atoms with Crippen LogP contribution in [0.1, 0.15) is 41.6 Å². The third kappa shape index (κ3) is 4.82. The minimum atomic E-state index is -0.132. The molecule has 3 rings (SSSR count). The number of hydrogen-bond acceptors (Lipinski definition) is 3. The van der Waals surface area contributed by atoms with Gasteiger partial charge in [0.25, 0.3) is 5.91 Å². The summed E-state index contributed by atoms with van der Waals surface area (Å²) < 4.78 is 0. The number of urea groups is 1. The second-order valence-corrected chi connectivity index (χ2v) is 7.87. The third-order valence-corrected chi connectivity index (χ3v) is 5.53. The van der Waals surface area contributed by atoms with E-state index in [0.29, 0.717) is 25.2 Å². The molecule has 1 N–H and O–H groups in total. The average molecular weight is 386 g/mol. The maximum absolute atomic E-state index is 12.6. The number of likely N-dealkylation sites (tertiary alicyclic amines) is 2. The Balaban J connectivity index is 1.50. The minimum Gasteiger partial charge on any atom is -0.345 e. The molecule has 152 valence electrons. The molecule has 2 saturated heterocycles. The van der Waals surface area contributed by atoms with Gasteiger partial charge in [0.05, 0.1) is 5.92 Å². The number of benzene rings is 1. The molecule has 0 aliphatic carbocycles. The van der Waals surface area contributed by atoms with Crippen molar-refractivity contribution in [3.05, 3.63) is 35.4 Å². The number of nitrogens with zero attached hydrogens (tertiary/aromatic N) is 3. The van der Waals surface area contributed by atoms with Crippen LogP contribution in [-0.2, 0) is 11.3 Å². The van der Waals surface area contributed by atoms with Crippen molar-refractivity contribution >= 4 is 17.8 Å². The zero-order valence-electron chi connectivity index (χ0n) is 16.8. The highest BCUT2D eigenvalue weighted by molar-refractivity contribution is 5.93. The highest BCUT2D eigenvalue weighted by Crippen LogP contribution is 2.21. The van der Waals surface area contributed by atoms with Gasteiger partial charge in [-0.15, -0.1) is 0 Å². The Kier molecular flexibility index (Phi) is 6.54. The van der Waals surface area contributed by atoms with Crippen LogP contribution in [0.5, 0.6) is 0 Å². The molecule has 28 heavy (non-hydrogen) atoms. The van der Waals surface area contributed by atoms with Crippen molar-refractivity contribution in [3.63, 3.8) is 0 Å². The molecule has 2 fully saturated rings. The normalized spacial score (nSPS) is 19.4. The molecule has 1 atom stereocenters. The second-order valence-electron chi connectivity index (χ2n) is 7.87. The van der Waals surface area contributed by atoms with Gasteiger partial charge in [-0.25, -0.2) is 4.79 Å². The second kappa shape index (κ2) is 9.08. The van der Waals surface area contributed by atoms with Crippen LogP contribution in [-0.4, -0.2) is 72.8 Å². The van der Waals surface area contributed by atoms with Crippen molar-refractivity contribution in [2.24, 2.45) is 5.92 Å². The van der Waals surface area contributed by atoms with Crippen molar-refractivity contribution in [2.75, 3.05) is 40.3 Å². The summed E-state index contributed by atoms with van der Waals surface area (Å²) in [5.74, 6) is 0.0858. The lowest BCUT2D eigenvalue weighted by atomic mass is 9.97. The number of piperidine rings is 1. The summed E-state index contributed by atoms with van der Waals surface area (Å²) in [7, 11) is 3.44. The van der Waals surface area contributed by atoms with E-state index in [2.05, 4.69) is 5.32 Å². The van der Waals surface area contributed by atoms with Crippen LogP contribution in [0, 0.1) is 5.92 Å². The summed E-state index contributed by atoms with van der Waals surface area (Å²) in [6, 6.07) is 7.12. The van der Waals surface area contributed by atoms with E-state index in [-0.39, 0.29) is 23.8 Å². The van der Waals surface area contributed by atoms with E-state index >= 15 is 0 Å². The molecule has 4 amide bonds. The first-order valence-electron chi connectivity index (χ1n) is 10.1. The quantitative estimate of drug-likeness (QED) is 0.859. The van der Waals surface area contributed by atoms with Crippen LogP contribution >= 0.6 is 0 Å². The van der Waals surface area contributed by atoms with Gasteiger partial charge < -0.3 is 20.0 Å². The number of carbonyl (C=O) groups is 3. The van der Waals surface area contributed by atoms with E-state index in [1.807, 2.05) is 17.0 Å². The Morgan fingerprint density at radius 3 is 2.29 bits per heavy atom. The lowest BCUT2D eigenvalue weighted by molar-refractivity contribution is -0.135. The Hall–Kier alpha value is -2.57. The molecular formula is C21H30N4O3. The van der Waals surface area contributed by atoms with Crippen LogP contribution in [0.15, 0.2) is 24.3 Å². The smallest absolute Gasteiger partial charge is 0.317 e. The SMILES string of the molecule is CN(C)C(=O)c1ccc(CNC(=O)N2CCC[C@H](C(=O)N3CCCC3)C2)cc1. The summed E-state index contributed by atoms with van der Waals surface area (Å²) in [6.07, 6.45) is 3.89. The first-order chi connectivity index (χ1) is 13.5. The van der Waals surface area contributed by atoms with E-state index in [1.54, 1.807) is 31.1 Å². The summed E-state index contributed by atoms with van der Waals surface area (Å²) >= 11 is 0. The highest BCUT2D eigenvalue weighted by atomic mass is 16.2. The van der Waals surface area contributed by atoms with Crippen LogP contribution in [0.25, 0.3) is 0 Å². The lowest BCUT2D eigenvalue weighted by Gasteiger charge is -2.34. The van der Waals surface area contributed by atoms with Crippen molar-refractivity contribution in [3.8, 4) is 0 Å². The molecule has 0 unspecified atom stereocenters. The fourth-order valence-electron chi connectivity index (χ4n) is 3.87. The molecule has 7 nitrogen and oxygen atoms in total. The van der Waals surface area contributed by atoms with Crippen LogP contribution in [0.4, 0.5) is 4.79 Å². The topological polar surface area (TPSA) is 73.0 Å². The molecule has 0 aromatic heterocycles. The Labute approximate surface area is 166 Å². The number of rotatable bonds is 4. The summed E-state index contributed by atoms with van der Waals surface area (Å²) in [6.45, 7) is 3.29. The van der Waals surface area contributed by atoms with Crippen LogP contribution in [0.3, 0.4) is 0 Å². The van der Waals surface area contributed by atoms with Gasteiger partial charge in [0.1, 0.15) is 0 Å². The van der Waals surface area contributed by atoms with Crippen molar-refractivity contribution in [1.82, 2.24) is 20.0 Å². The van der Waals surface area contributed by atoms with Gasteiger partial charge in [0.15, 0.2) is 0 Å². The van der Waals surface area contributed by atoms with Gasteiger partial charge >= 0.3 is 6.03 Å². The van der Waals surface area contributed by atoms with E-state index < -0.39 is 0 Å². The van der Waals surface area contributed by atoms with Gasteiger partial charge in [-0.3, -0.25) is 9.59 Å². The largest absolute Gasteiger partial charge is 0.345 e. The molecule has 1 aromatic carbocycles. The predicted molar refractivity (Wildman–Crippen MR) is 107 cm³/mol. The number of hydrogen-bond donors (Lipinski definition) is 1. The molecular weight excluding hydrogens is 356 g/mol. The zero-order chi connectivity index (χ0) is 20.1. The first kappa shape index (κ1) is 20.2. The molecule has 2 aliphatic heterocycles. The van der Waals surface area contributed by atoms with E-state index in [4.69, 9.17) is 0 Å². The first-order valence-corrected chi connectivity index (χ1v) is 10.1. The van der Waals surface area contributed by atoms with Crippen molar-refractivity contribution < 1.29 is 14.4 Å². The summed E-state index contributed by atoms with van der Waals surface area (Å²) in [4.78, 5) is 42.3. The molecule has 2 aliphatic rings. The monoisotopic (exact) mass is 386 g/mol. The fraction of sp³-hybridized carbons (Fsp3) is 0.571. The molecule has 2 heterocycles. The molecule has 0 spiro atoms. The Morgan fingerprint density at radius 1 is 1.00 bits per heavy atom. The standard InChI is InChI=1S/C21H30N4O3/c1-23(2)19(26)17-9-7-16(8-10-17)14-22-21(28)25-13-5-6-18(15-25)20(27)24-11-3-4-12-24/h7-10,18H,3-6,11-15H2,1-2H3,(H,22,28)/t18-/m0/s1. The molecule has 0 saturated carbocycles. The Morgan fingerprint density at radius 2 is 1.64 bits per heavy atom. The third-order valence-electron chi connectivity index (χ3n) is 5.53. The van der Waals surface area contributed by atoms with Crippen LogP contribution in [0.2, 0.25) is 0 Å². The average Bonchev–Trinajstić information content (AvgIpc) is 3.26. The minimum absolute atomic E-state index is 0.0439. The summed E-state index contributed by atoms with van der Waals surface area (Å²) in [5.41, 5.74) is 1.56. The van der Waals surface area contributed by atoms with Gasteiger partial charge in [-0.05, 0) is 43.4 Å². The zero-order valence-corrected chi connectivity index (χ0v) is 16.8. The van der Waals surface area contributed by atoms with Crippen molar-refractivity contribution in [1.29, 1.82) is 0 Å². The van der Waals surface area contributed by atoms with Gasteiger partial charge in [-0.1, -0.05) is 12.1 Å². The summed E-state index contributed by atoms with van der Waals surface area (Å²) in [5, 5.41) is 2.94. The maximum Gasteiger partial charge on any atom is 0.317 e. The number of carbonyl (C=O) groups excluding carboxylic acids is 3. The number of nitrogens with one attached hydrogen (secondary N) is 1. The molecule has 0 radical (unpaired) electrons. The molecule has 7 heteroatoms.